The molecule has 0 spiro atoms. The molecule has 0 unspecified atom stereocenters. The number of nitrogens with zero attached hydrogens (tertiary/aromatic N) is 3. The van der Waals surface area contributed by atoms with Crippen molar-refractivity contribution >= 4 is 21.8 Å². The molecular formula is C25H39N3O2+2. The maximum atomic E-state index is 6.03. The van der Waals surface area contributed by atoms with Gasteiger partial charge in [0.25, 0.3) is 0 Å². The van der Waals surface area contributed by atoms with E-state index in [0.717, 1.165) is 59.6 Å². The fourth-order valence-electron chi connectivity index (χ4n) is 3.80. The van der Waals surface area contributed by atoms with E-state index in [9.17, 15) is 0 Å². The highest BCUT2D eigenvalue weighted by molar-refractivity contribution is 6.08. The van der Waals surface area contributed by atoms with E-state index in [4.69, 9.17) is 9.47 Å². The van der Waals surface area contributed by atoms with Gasteiger partial charge in [-0.3, -0.25) is 0 Å². The average Bonchev–Trinajstić information content (AvgIpc) is 2.93. The van der Waals surface area contributed by atoms with Crippen molar-refractivity contribution in [3.8, 4) is 11.5 Å². The molecule has 0 bridgehead atoms. The lowest BCUT2D eigenvalue weighted by Crippen LogP contribution is -2.36. The maximum Gasteiger partial charge on any atom is 0.121 e. The summed E-state index contributed by atoms with van der Waals surface area (Å²) < 4.78 is 16.2. The number of hydrogen-bond acceptors (Lipinski definition) is 2. The Morgan fingerprint density at radius 1 is 0.667 bits per heavy atom. The smallest absolute Gasteiger partial charge is 0.121 e. The number of ether oxygens (including phenoxy) is 2. The highest BCUT2D eigenvalue weighted by Crippen LogP contribution is 2.33. The number of benzene rings is 2. The van der Waals surface area contributed by atoms with Gasteiger partial charge in [-0.1, -0.05) is 0 Å². The normalized spacial score (nSPS) is 12.6. The van der Waals surface area contributed by atoms with Crippen LogP contribution in [-0.4, -0.2) is 82.1 Å². The molecule has 1 aromatic heterocycles. The molecule has 164 valence electrons. The van der Waals surface area contributed by atoms with Gasteiger partial charge in [-0.25, -0.2) is 0 Å². The van der Waals surface area contributed by atoms with Crippen LogP contribution in [0.4, 0.5) is 0 Å². The molecule has 30 heavy (non-hydrogen) atoms. The second-order valence-corrected chi connectivity index (χ2v) is 10.3. The Hall–Kier alpha value is -2.24. The van der Waals surface area contributed by atoms with Crippen LogP contribution < -0.4 is 9.47 Å². The van der Waals surface area contributed by atoms with Crippen LogP contribution in [0.25, 0.3) is 21.8 Å². The summed E-state index contributed by atoms with van der Waals surface area (Å²) in [7, 11) is 15.4. The Kier molecular flexibility index (Phi) is 6.63. The van der Waals surface area contributed by atoms with Crippen molar-refractivity contribution in [1.29, 1.82) is 0 Å². The lowest BCUT2D eigenvalue weighted by molar-refractivity contribution is -0.870. The van der Waals surface area contributed by atoms with Crippen molar-refractivity contribution in [2.75, 3.05) is 68.6 Å². The van der Waals surface area contributed by atoms with Crippen LogP contribution >= 0.6 is 0 Å². The molecular weight excluding hydrogens is 374 g/mol. The largest absolute Gasteiger partial charge is 0.493 e. The quantitative estimate of drug-likeness (QED) is 0.366. The minimum atomic E-state index is 0.746. The summed E-state index contributed by atoms with van der Waals surface area (Å²) in [4.78, 5) is 0. The van der Waals surface area contributed by atoms with Gasteiger partial charge in [0.1, 0.15) is 11.5 Å². The molecule has 3 aromatic rings. The van der Waals surface area contributed by atoms with Crippen LogP contribution in [0.2, 0.25) is 0 Å². The predicted molar refractivity (Wildman–Crippen MR) is 126 cm³/mol. The number of quaternary nitrogens is 2. The Morgan fingerprint density at radius 3 is 1.43 bits per heavy atom. The fourth-order valence-corrected chi connectivity index (χ4v) is 3.80. The molecule has 0 aliphatic carbocycles. The number of rotatable bonds is 10. The molecule has 0 saturated carbocycles. The second kappa shape index (κ2) is 8.86. The van der Waals surface area contributed by atoms with E-state index in [-0.39, 0.29) is 0 Å². The fraction of sp³-hybridized carbons (Fsp3) is 0.520. The molecule has 1 heterocycles. The zero-order valence-corrected chi connectivity index (χ0v) is 19.9. The van der Waals surface area contributed by atoms with Crippen molar-refractivity contribution < 1.29 is 18.4 Å². The van der Waals surface area contributed by atoms with E-state index in [2.05, 4.69) is 90.3 Å². The minimum absolute atomic E-state index is 0.746. The van der Waals surface area contributed by atoms with E-state index >= 15 is 0 Å². The third-order valence-electron chi connectivity index (χ3n) is 5.44. The van der Waals surface area contributed by atoms with Gasteiger partial charge < -0.3 is 23.0 Å². The Labute approximate surface area is 181 Å². The van der Waals surface area contributed by atoms with Crippen LogP contribution in [-0.2, 0) is 7.05 Å². The van der Waals surface area contributed by atoms with Crippen LogP contribution in [0, 0.1) is 0 Å². The van der Waals surface area contributed by atoms with Gasteiger partial charge in [0.2, 0.25) is 0 Å². The monoisotopic (exact) mass is 413 g/mol. The first-order chi connectivity index (χ1) is 14.0. The third-order valence-corrected chi connectivity index (χ3v) is 5.44. The Morgan fingerprint density at radius 2 is 1.07 bits per heavy atom. The van der Waals surface area contributed by atoms with E-state index in [1.54, 1.807) is 0 Å². The van der Waals surface area contributed by atoms with Crippen LogP contribution in [0.5, 0.6) is 11.5 Å². The van der Waals surface area contributed by atoms with E-state index < -0.39 is 0 Å². The van der Waals surface area contributed by atoms with Gasteiger partial charge in [-0.05, 0) is 24.3 Å². The number of aromatic nitrogens is 1. The number of hydrogen-bond donors (Lipinski definition) is 0. The van der Waals surface area contributed by atoms with Crippen molar-refractivity contribution in [3.05, 3.63) is 36.4 Å². The predicted octanol–water partition coefficient (Wildman–Crippen LogP) is 4.28. The molecule has 3 rings (SSSR count). The van der Waals surface area contributed by atoms with Gasteiger partial charge >= 0.3 is 0 Å². The molecule has 0 radical (unpaired) electrons. The summed E-state index contributed by atoms with van der Waals surface area (Å²) >= 11 is 0. The number of aryl methyl sites for hydroxylation is 1. The zero-order valence-electron chi connectivity index (χ0n) is 19.9. The molecule has 0 fully saturated rings. The van der Waals surface area contributed by atoms with Crippen molar-refractivity contribution in [1.82, 2.24) is 4.57 Å². The van der Waals surface area contributed by atoms with Crippen LogP contribution in [0.3, 0.4) is 0 Å². The van der Waals surface area contributed by atoms with E-state index in [1.807, 2.05) is 0 Å². The van der Waals surface area contributed by atoms with Crippen molar-refractivity contribution in [2.45, 2.75) is 12.8 Å². The minimum Gasteiger partial charge on any atom is -0.493 e. The van der Waals surface area contributed by atoms with Gasteiger partial charge in [0.05, 0.1) is 79.6 Å². The van der Waals surface area contributed by atoms with Crippen molar-refractivity contribution in [3.63, 3.8) is 0 Å². The lowest BCUT2D eigenvalue weighted by Gasteiger charge is -2.23. The van der Waals surface area contributed by atoms with Gasteiger partial charge in [-0.15, -0.1) is 0 Å². The summed E-state index contributed by atoms with van der Waals surface area (Å²) in [5.41, 5.74) is 2.38. The molecule has 0 N–H and O–H groups in total. The molecule has 0 saturated heterocycles. The van der Waals surface area contributed by atoms with Gasteiger partial charge in [0, 0.05) is 42.8 Å². The summed E-state index contributed by atoms with van der Waals surface area (Å²) in [5, 5.41) is 2.51. The molecule has 0 aliphatic rings. The highest BCUT2D eigenvalue weighted by Gasteiger charge is 2.12. The third kappa shape index (κ3) is 5.89. The van der Waals surface area contributed by atoms with E-state index in [0.29, 0.717) is 0 Å². The summed E-state index contributed by atoms with van der Waals surface area (Å²) in [5.74, 6) is 1.87. The molecule has 0 amide bonds. The maximum absolute atomic E-state index is 6.03. The molecule has 5 nitrogen and oxygen atoms in total. The first kappa shape index (κ1) is 22.4. The SMILES string of the molecule is Cn1c2cc(OCCC[N+](C)(C)C)ccc2c2ccc(OCCC[N+](C)(C)C)cc21. The standard InChI is InChI=1S/C25H39N3O2/c1-26-24-18-20(29-16-8-14-27(2,3)4)10-12-22(24)23-13-11-21(19-25(23)26)30-17-9-15-28(5,6)7/h10-13,18-19H,8-9,14-17H2,1-7H3/q+2. The van der Waals surface area contributed by atoms with Crippen LogP contribution in [0.15, 0.2) is 36.4 Å². The molecule has 0 atom stereocenters. The summed E-state index contributed by atoms with van der Waals surface area (Å²) in [6.07, 6.45) is 2.09. The topological polar surface area (TPSA) is 23.4 Å². The van der Waals surface area contributed by atoms with Gasteiger partial charge in [-0.2, -0.15) is 0 Å². The summed E-state index contributed by atoms with van der Waals surface area (Å²) in [6.45, 7) is 3.70. The lowest BCUT2D eigenvalue weighted by atomic mass is 10.1. The van der Waals surface area contributed by atoms with E-state index in [1.165, 1.54) is 21.8 Å². The second-order valence-electron chi connectivity index (χ2n) is 10.3. The molecule has 2 aromatic carbocycles. The first-order valence-corrected chi connectivity index (χ1v) is 10.9. The van der Waals surface area contributed by atoms with Crippen LogP contribution in [0.1, 0.15) is 12.8 Å². The zero-order chi connectivity index (χ0) is 21.9. The Bertz CT molecular complexity index is 914. The Balaban J connectivity index is 1.71. The average molecular weight is 414 g/mol. The molecule has 5 heteroatoms. The molecule has 0 aliphatic heterocycles. The highest BCUT2D eigenvalue weighted by atomic mass is 16.5. The summed E-state index contributed by atoms with van der Waals surface area (Å²) in [6, 6.07) is 12.8. The van der Waals surface area contributed by atoms with Crippen molar-refractivity contribution in [2.24, 2.45) is 7.05 Å². The first-order valence-electron chi connectivity index (χ1n) is 10.9. The number of fused-ring (bicyclic) bond motifs is 3. The van der Waals surface area contributed by atoms with Gasteiger partial charge in [0.15, 0.2) is 0 Å².